The number of nitrogens with one attached hydrogen (secondary N) is 2. The summed E-state index contributed by atoms with van der Waals surface area (Å²) >= 11 is 0. The van der Waals surface area contributed by atoms with Crippen LogP contribution in [0.2, 0.25) is 0 Å². The van der Waals surface area contributed by atoms with E-state index in [2.05, 4.69) is 28.8 Å². The summed E-state index contributed by atoms with van der Waals surface area (Å²) < 4.78 is 0. The molecule has 0 saturated carbocycles. The number of anilines is 2. The third kappa shape index (κ3) is 3.69. The molecule has 0 aromatic heterocycles. The fraction of sp³-hybridized carbons (Fsp3) is 0.217. The monoisotopic (exact) mass is 373 g/mol. The topological polar surface area (TPSA) is 61.4 Å². The van der Waals surface area contributed by atoms with Crippen molar-refractivity contribution in [2.75, 3.05) is 16.8 Å². The van der Waals surface area contributed by atoms with Gasteiger partial charge in [0.2, 0.25) is 5.91 Å². The lowest BCUT2D eigenvalue weighted by Gasteiger charge is -2.19. The molecule has 0 unspecified atom stereocenters. The van der Waals surface area contributed by atoms with Crippen LogP contribution in [0.1, 0.15) is 24.0 Å². The number of rotatable bonds is 4. The minimum absolute atomic E-state index is 0.139. The fourth-order valence-electron chi connectivity index (χ4n) is 3.68. The number of amides is 3. The van der Waals surface area contributed by atoms with E-state index in [9.17, 15) is 9.59 Å². The summed E-state index contributed by atoms with van der Waals surface area (Å²) in [6, 6.07) is 19.6. The van der Waals surface area contributed by atoms with E-state index >= 15 is 0 Å². The molecule has 0 aliphatic carbocycles. The van der Waals surface area contributed by atoms with Gasteiger partial charge in [0.25, 0.3) is 0 Å². The van der Waals surface area contributed by atoms with Crippen molar-refractivity contribution in [2.45, 2.75) is 26.3 Å². The zero-order valence-corrected chi connectivity index (χ0v) is 15.9. The highest BCUT2D eigenvalue weighted by Crippen LogP contribution is 2.28. The number of carbonyl (C=O) groups excluding carboxylic acids is 2. The Kier molecular flexibility index (Phi) is 4.98. The van der Waals surface area contributed by atoms with Crippen LogP contribution in [0, 0.1) is 6.92 Å². The lowest BCUT2D eigenvalue weighted by molar-refractivity contribution is -0.117. The highest BCUT2D eigenvalue weighted by atomic mass is 16.2. The molecule has 5 nitrogen and oxygen atoms in total. The third-order valence-electron chi connectivity index (χ3n) is 5.15. The van der Waals surface area contributed by atoms with Gasteiger partial charge in [0.05, 0.1) is 0 Å². The van der Waals surface area contributed by atoms with Crippen LogP contribution in [-0.2, 0) is 11.3 Å². The zero-order valence-electron chi connectivity index (χ0n) is 15.9. The molecule has 2 N–H and O–H groups in total. The Morgan fingerprint density at radius 3 is 2.71 bits per heavy atom. The Morgan fingerprint density at radius 1 is 1.07 bits per heavy atom. The number of urea groups is 1. The summed E-state index contributed by atoms with van der Waals surface area (Å²) in [6.45, 7) is 3.15. The van der Waals surface area contributed by atoms with Crippen molar-refractivity contribution in [3.05, 3.63) is 71.8 Å². The zero-order chi connectivity index (χ0) is 19.5. The van der Waals surface area contributed by atoms with Crippen LogP contribution in [0.4, 0.5) is 16.2 Å². The van der Waals surface area contributed by atoms with Crippen molar-refractivity contribution < 1.29 is 9.59 Å². The van der Waals surface area contributed by atoms with Crippen molar-refractivity contribution in [2.24, 2.45) is 0 Å². The quantitative estimate of drug-likeness (QED) is 0.702. The van der Waals surface area contributed by atoms with Gasteiger partial charge >= 0.3 is 6.03 Å². The summed E-state index contributed by atoms with van der Waals surface area (Å²) in [5, 5.41) is 8.09. The van der Waals surface area contributed by atoms with Crippen molar-refractivity contribution in [1.29, 1.82) is 0 Å². The average Bonchev–Trinajstić information content (AvgIpc) is 3.13. The maximum absolute atomic E-state index is 12.4. The van der Waals surface area contributed by atoms with Gasteiger partial charge in [0, 0.05) is 30.9 Å². The number of aryl methyl sites for hydroxylation is 1. The van der Waals surface area contributed by atoms with Gasteiger partial charge in [-0.15, -0.1) is 0 Å². The maximum atomic E-state index is 12.4. The number of carbonyl (C=O) groups is 2. The van der Waals surface area contributed by atoms with E-state index in [1.54, 1.807) is 4.90 Å². The van der Waals surface area contributed by atoms with Crippen LogP contribution in [0.25, 0.3) is 10.8 Å². The number of benzene rings is 3. The van der Waals surface area contributed by atoms with E-state index in [1.165, 1.54) is 0 Å². The van der Waals surface area contributed by atoms with Gasteiger partial charge in [0.15, 0.2) is 0 Å². The second kappa shape index (κ2) is 7.72. The maximum Gasteiger partial charge on any atom is 0.319 e. The first kappa shape index (κ1) is 18.0. The predicted molar refractivity (Wildman–Crippen MR) is 113 cm³/mol. The van der Waals surface area contributed by atoms with Crippen molar-refractivity contribution >= 4 is 34.1 Å². The second-order valence-electron chi connectivity index (χ2n) is 7.10. The Morgan fingerprint density at radius 2 is 1.89 bits per heavy atom. The molecule has 0 radical (unpaired) electrons. The average molecular weight is 373 g/mol. The van der Waals surface area contributed by atoms with Crippen LogP contribution in [0.3, 0.4) is 0 Å². The van der Waals surface area contributed by atoms with Crippen LogP contribution < -0.4 is 15.5 Å². The standard InChI is InChI=1S/C23H23N3O2/c1-16-11-12-19(14-21(16)26-13-5-10-22(26)27)25-23(28)24-15-18-8-4-7-17-6-2-3-9-20(17)18/h2-4,6-9,11-12,14H,5,10,13,15H2,1H3,(H2,24,25,28). The molecular formula is C23H23N3O2. The van der Waals surface area contributed by atoms with Crippen molar-refractivity contribution in [3.8, 4) is 0 Å². The van der Waals surface area contributed by atoms with Crippen molar-refractivity contribution in [3.63, 3.8) is 0 Å². The highest BCUT2D eigenvalue weighted by molar-refractivity contribution is 5.97. The molecule has 0 bridgehead atoms. The number of hydrogen-bond donors (Lipinski definition) is 2. The lowest BCUT2D eigenvalue weighted by Crippen LogP contribution is -2.29. The summed E-state index contributed by atoms with van der Waals surface area (Å²) in [7, 11) is 0. The van der Waals surface area contributed by atoms with Crippen LogP contribution in [-0.4, -0.2) is 18.5 Å². The van der Waals surface area contributed by atoms with E-state index < -0.39 is 0 Å². The minimum atomic E-state index is -0.268. The van der Waals surface area contributed by atoms with Gasteiger partial charge in [-0.25, -0.2) is 4.79 Å². The predicted octanol–water partition coefficient (Wildman–Crippen LogP) is 4.60. The van der Waals surface area contributed by atoms with Gasteiger partial charge < -0.3 is 15.5 Å². The molecule has 3 aromatic carbocycles. The van der Waals surface area contributed by atoms with Gasteiger partial charge in [-0.3, -0.25) is 4.79 Å². The first-order valence-corrected chi connectivity index (χ1v) is 9.54. The Labute approximate surface area is 164 Å². The Balaban J connectivity index is 1.44. The van der Waals surface area contributed by atoms with E-state index in [0.29, 0.717) is 18.7 Å². The second-order valence-corrected chi connectivity index (χ2v) is 7.10. The number of nitrogens with zero attached hydrogens (tertiary/aromatic N) is 1. The van der Waals surface area contributed by atoms with Crippen LogP contribution in [0.5, 0.6) is 0 Å². The Bertz CT molecular complexity index is 1040. The first-order valence-electron chi connectivity index (χ1n) is 9.54. The molecule has 1 heterocycles. The molecule has 1 aliphatic rings. The molecule has 0 spiro atoms. The molecule has 5 heteroatoms. The van der Waals surface area contributed by atoms with Gasteiger partial charge in [-0.2, -0.15) is 0 Å². The van der Waals surface area contributed by atoms with Crippen molar-refractivity contribution in [1.82, 2.24) is 5.32 Å². The normalized spacial score (nSPS) is 13.8. The summed E-state index contributed by atoms with van der Waals surface area (Å²) in [6.07, 6.45) is 1.46. The summed E-state index contributed by atoms with van der Waals surface area (Å²) in [5.41, 5.74) is 3.64. The van der Waals surface area contributed by atoms with Gasteiger partial charge in [0.1, 0.15) is 0 Å². The SMILES string of the molecule is Cc1ccc(NC(=O)NCc2cccc3ccccc23)cc1N1CCCC1=O. The van der Waals surface area contributed by atoms with E-state index in [-0.39, 0.29) is 11.9 Å². The number of hydrogen-bond acceptors (Lipinski definition) is 2. The molecular weight excluding hydrogens is 350 g/mol. The highest BCUT2D eigenvalue weighted by Gasteiger charge is 2.23. The molecule has 28 heavy (non-hydrogen) atoms. The summed E-state index contributed by atoms with van der Waals surface area (Å²) in [5.74, 6) is 0.139. The molecule has 1 saturated heterocycles. The molecule has 3 aromatic rings. The molecule has 1 fully saturated rings. The molecule has 1 aliphatic heterocycles. The molecule has 4 rings (SSSR count). The van der Waals surface area contributed by atoms with Crippen LogP contribution in [0.15, 0.2) is 60.7 Å². The largest absolute Gasteiger partial charge is 0.334 e. The van der Waals surface area contributed by atoms with E-state index in [1.807, 2.05) is 49.4 Å². The Hall–Kier alpha value is -3.34. The smallest absolute Gasteiger partial charge is 0.319 e. The van der Waals surface area contributed by atoms with Gasteiger partial charge in [-0.05, 0) is 47.4 Å². The fourth-order valence-corrected chi connectivity index (χ4v) is 3.68. The number of fused-ring (bicyclic) bond motifs is 1. The first-order chi connectivity index (χ1) is 13.6. The van der Waals surface area contributed by atoms with Gasteiger partial charge in [-0.1, -0.05) is 48.5 Å². The molecule has 0 atom stereocenters. The van der Waals surface area contributed by atoms with E-state index in [0.717, 1.165) is 40.6 Å². The van der Waals surface area contributed by atoms with E-state index in [4.69, 9.17) is 0 Å². The minimum Gasteiger partial charge on any atom is -0.334 e. The summed E-state index contributed by atoms with van der Waals surface area (Å²) in [4.78, 5) is 26.3. The van der Waals surface area contributed by atoms with Crippen LogP contribution >= 0.6 is 0 Å². The third-order valence-corrected chi connectivity index (χ3v) is 5.15. The molecule has 142 valence electrons. The lowest BCUT2D eigenvalue weighted by atomic mass is 10.0. The molecule has 3 amide bonds.